The van der Waals surface area contributed by atoms with Crippen LogP contribution in [0.2, 0.25) is 0 Å². The van der Waals surface area contributed by atoms with Gasteiger partial charge in [-0.1, -0.05) is 6.07 Å². The molecule has 0 aromatic heterocycles. The number of ether oxygens (including phenoxy) is 1. The molecule has 0 fully saturated rings. The van der Waals surface area contributed by atoms with Crippen molar-refractivity contribution in [2.45, 2.75) is 18.9 Å². The number of halogens is 1. The van der Waals surface area contributed by atoms with Crippen molar-refractivity contribution >= 4 is 12.4 Å². The van der Waals surface area contributed by atoms with Gasteiger partial charge in [-0.2, -0.15) is 0 Å². The fourth-order valence-corrected chi connectivity index (χ4v) is 1.43. The number of aliphatic hydroxyl groups is 1. The minimum absolute atomic E-state index is 0. The molecule has 0 aliphatic carbocycles. The molecule has 0 aliphatic heterocycles. The summed E-state index contributed by atoms with van der Waals surface area (Å²) < 4.78 is 4.97. The van der Waals surface area contributed by atoms with Gasteiger partial charge < -0.3 is 20.7 Å². The van der Waals surface area contributed by atoms with E-state index in [1.807, 2.05) is 0 Å². The first-order chi connectivity index (χ1) is 7.19. The lowest BCUT2D eigenvalue weighted by Gasteiger charge is -2.13. The van der Waals surface area contributed by atoms with Gasteiger partial charge in [-0.25, -0.2) is 0 Å². The molecule has 1 aromatic carbocycles. The zero-order valence-electron chi connectivity index (χ0n) is 9.22. The number of hydrogen-bond acceptors (Lipinski definition) is 4. The Morgan fingerprint density at radius 1 is 1.44 bits per heavy atom. The maximum Gasteiger partial charge on any atom is 0.124 e. The summed E-state index contributed by atoms with van der Waals surface area (Å²) in [7, 11) is 1.54. The first-order valence-corrected chi connectivity index (χ1v) is 4.92. The first-order valence-electron chi connectivity index (χ1n) is 4.92. The maximum absolute atomic E-state index is 9.67. The molecule has 0 heterocycles. The largest absolute Gasteiger partial charge is 0.507 e. The van der Waals surface area contributed by atoms with Crippen LogP contribution in [-0.2, 0) is 0 Å². The lowest BCUT2D eigenvalue weighted by molar-refractivity contribution is 0.279. The van der Waals surface area contributed by atoms with Crippen molar-refractivity contribution in [3.8, 4) is 11.5 Å². The summed E-state index contributed by atoms with van der Waals surface area (Å²) in [5.41, 5.74) is 6.55. The molecule has 1 aromatic rings. The highest BCUT2D eigenvalue weighted by Crippen LogP contribution is 2.29. The van der Waals surface area contributed by atoms with Gasteiger partial charge in [0.25, 0.3) is 0 Å². The number of aliphatic hydroxyl groups excluding tert-OH is 1. The molecule has 1 atom stereocenters. The average Bonchev–Trinajstić information content (AvgIpc) is 2.25. The molecule has 0 amide bonds. The van der Waals surface area contributed by atoms with Gasteiger partial charge in [0, 0.05) is 24.3 Å². The third-order valence-corrected chi connectivity index (χ3v) is 2.31. The van der Waals surface area contributed by atoms with E-state index in [0.717, 1.165) is 0 Å². The zero-order chi connectivity index (χ0) is 11.3. The molecule has 0 saturated carbocycles. The summed E-state index contributed by atoms with van der Waals surface area (Å²) >= 11 is 0. The molecule has 1 rings (SSSR count). The van der Waals surface area contributed by atoms with E-state index in [4.69, 9.17) is 15.6 Å². The second-order valence-corrected chi connectivity index (χ2v) is 3.40. The molecule has 92 valence electrons. The Bertz CT molecular complexity index is 320. The predicted octanol–water partition coefficient (Wildman–Crippen LogP) is 1.59. The topological polar surface area (TPSA) is 75.7 Å². The van der Waals surface area contributed by atoms with Crippen molar-refractivity contribution in [3.05, 3.63) is 23.8 Å². The van der Waals surface area contributed by atoms with Crippen LogP contribution in [0.1, 0.15) is 24.4 Å². The second-order valence-electron chi connectivity index (χ2n) is 3.40. The van der Waals surface area contributed by atoms with Crippen LogP contribution in [0.5, 0.6) is 11.5 Å². The van der Waals surface area contributed by atoms with Crippen LogP contribution in [0, 0.1) is 0 Å². The molecule has 4 N–H and O–H groups in total. The third-order valence-electron chi connectivity index (χ3n) is 2.31. The van der Waals surface area contributed by atoms with Crippen molar-refractivity contribution in [2.75, 3.05) is 13.7 Å². The van der Waals surface area contributed by atoms with Gasteiger partial charge in [-0.15, -0.1) is 12.4 Å². The Hall–Kier alpha value is -0.970. The highest BCUT2D eigenvalue weighted by molar-refractivity contribution is 5.85. The average molecular weight is 248 g/mol. The summed E-state index contributed by atoms with van der Waals surface area (Å²) in [6.07, 6.45) is 1.28. The van der Waals surface area contributed by atoms with Crippen molar-refractivity contribution < 1.29 is 14.9 Å². The van der Waals surface area contributed by atoms with Crippen LogP contribution in [-0.4, -0.2) is 23.9 Å². The Balaban J connectivity index is 0.00000225. The van der Waals surface area contributed by atoms with Crippen LogP contribution >= 0.6 is 12.4 Å². The molecule has 4 nitrogen and oxygen atoms in total. The van der Waals surface area contributed by atoms with Crippen LogP contribution in [0.4, 0.5) is 0 Å². The number of rotatable bonds is 5. The van der Waals surface area contributed by atoms with Gasteiger partial charge in [0.2, 0.25) is 0 Å². The molecule has 0 radical (unpaired) electrons. The molecule has 0 aliphatic rings. The van der Waals surface area contributed by atoms with Crippen LogP contribution in [0.15, 0.2) is 18.2 Å². The molecular formula is C11H18ClNO3. The van der Waals surface area contributed by atoms with Crippen LogP contribution < -0.4 is 10.5 Å². The van der Waals surface area contributed by atoms with E-state index in [0.29, 0.717) is 24.2 Å². The van der Waals surface area contributed by atoms with Gasteiger partial charge in [-0.3, -0.25) is 0 Å². The van der Waals surface area contributed by atoms with Gasteiger partial charge in [0.15, 0.2) is 0 Å². The van der Waals surface area contributed by atoms with E-state index in [9.17, 15) is 5.11 Å². The second kappa shape index (κ2) is 7.33. The number of benzene rings is 1. The standard InChI is InChI=1S/C11H17NO3.ClH/c1-15-8-4-5-9(11(14)7-8)10(12)3-2-6-13;/h4-5,7,10,13-14H,2-3,6,12H2,1H3;1H/t10-;/m0./s1. The molecule has 0 saturated heterocycles. The van der Waals surface area contributed by atoms with Crippen LogP contribution in [0.3, 0.4) is 0 Å². The summed E-state index contributed by atoms with van der Waals surface area (Å²) in [5, 5.41) is 18.3. The number of nitrogens with two attached hydrogens (primary N) is 1. The van der Waals surface area contributed by atoms with E-state index < -0.39 is 0 Å². The SMILES string of the molecule is COc1ccc([C@@H](N)CCCO)c(O)c1.Cl. The summed E-state index contributed by atoms with van der Waals surface area (Å²) in [4.78, 5) is 0. The summed E-state index contributed by atoms with van der Waals surface area (Å²) in [6.45, 7) is 0.116. The van der Waals surface area contributed by atoms with Gasteiger partial charge in [-0.05, 0) is 18.9 Å². The van der Waals surface area contributed by atoms with Crippen molar-refractivity contribution in [3.63, 3.8) is 0 Å². The van der Waals surface area contributed by atoms with E-state index >= 15 is 0 Å². The Morgan fingerprint density at radius 2 is 2.12 bits per heavy atom. The van der Waals surface area contributed by atoms with E-state index in [2.05, 4.69) is 0 Å². The van der Waals surface area contributed by atoms with Crippen molar-refractivity contribution in [2.24, 2.45) is 5.73 Å². The van der Waals surface area contributed by atoms with Crippen molar-refractivity contribution in [1.82, 2.24) is 0 Å². The monoisotopic (exact) mass is 247 g/mol. The van der Waals surface area contributed by atoms with E-state index in [1.165, 1.54) is 6.07 Å². The summed E-state index contributed by atoms with van der Waals surface area (Å²) in [6, 6.07) is 4.79. The first kappa shape index (κ1) is 15.0. The minimum atomic E-state index is -0.247. The number of aromatic hydroxyl groups is 1. The zero-order valence-corrected chi connectivity index (χ0v) is 10.0. The van der Waals surface area contributed by atoms with E-state index in [1.54, 1.807) is 19.2 Å². The fraction of sp³-hybridized carbons (Fsp3) is 0.455. The Labute approximate surface area is 101 Å². The lowest BCUT2D eigenvalue weighted by Crippen LogP contribution is -2.11. The van der Waals surface area contributed by atoms with Gasteiger partial charge >= 0.3 is 0 Å². The van der Waals surface area contributed by atoms with E-state index in [-0.39, 0.29) is 30.8 Å². The highest BCUT2D eigenvalue weighted by atomic mass is 35.5. The van der Waals surface area contributed by atoms with Crippen LogP contribution in [0.25, 0.3) is 0 Å². The molecule has 0 unspecified atom stereocenters. The molecular weight excluding hydrogens is 230 g/mol. The molecule has 0 bridgehead atoms. The third kappa shape index (κ3) is 3.89. The maximum atomic E-state index is 9.67. The van der Waals surface area contributed by atoms with Gasteiger partial charge in [0.1, 0.15) is 11.5 Å². The highest BCUT2D eigenvalue weighted by Gasteiger charge is 2.11. The minimum Gasteiger partial charge on any atom is -0.507 e. The predicted molar refractivity (Wildman–Crippen MR) is 65.2 cm³/mol. The molecule has 16 heavy (non-hydrogen) atoms. The Kier molecular flexibility index (Phi) is 6.88. The van der Waals surface area contributed by atoms with Gasteiger partial charge in [0.05, 0.1) is 7.11 Å². The number of hydrogen-bond donors (Lipinski definition) is 3. The lowest BCUT2D eigenvalue weighted by atomic mass is 10.0. The Morgan fingerprint density at radius 3 is 2.62 bits per heavy atom. The quantitative estimate of drug-likeness (QED) is 0.739. The molecule has 0 spiro atoms. The number of phenolic OH excluding ortho intramolecular Hbond substituents is 1. The number of phenols is 1. The fourth-order valence-electron chi connectivity index (χ4n) is 1.43. The molecule has 5 heteroatoms. The summed E-state index contributed by atoms with van der Waals surface area (Å²) in [5.74, 6) is 0.741. The number of methoxy groups -OCH3 is 1. The van der Waals surface area contributed by atoms with Crippen molar-refractivity contribution in [1.29, 1.82) is 0 Å². The normalized spacial score (nSPS) is 11.7. The smallest absolute Gasteiger partial charge is 0.124 e.